The SMILES string of the molecule is CCCCCCOc1ccc2c(oc3c(F)c(OC4CCCC4)ccc32)c1F. The lowest BCUT2D eigenvalue weighted by Crippen LogP contribution is -2.11. The van der Waals surface area contributed by atoms with E-state index in [0.717, 1.165) is 51.4 Å². The molecule has 0 spiro atoms. The second kappa shape index (κ2) is 8.38. The number of benzene rings is 2. The van der Waals surface area contributed by atoms with Gasteiger partial charge in [-0.2, -0.15) is 8.78 Å². The molecule has 1 aromatic heterocycles. The molecule has 1 aliphatic carbocycles. The maximum atomic E-state index is 14.9. The predicted molar refractivity (Wildman–Crippen MR) is 106 cm³/mol. The van der Waals surface area contributed by atoms with Crippen molar-refractivity contribution in [3.63, 3.8) is 0 Å². The first-order chi connectivity index (χ1) is 13.7. The summed E-state index contributed by atoms with van der Waals surface area (Å²) in [5.41, 5.74) is 0.0578. The average Bonchev–Trinajstić information content (AvgIpc) is 3.34. The van der Waals surface area contributed by atoms with E-state index in [1.54, 1.807) is 24.3 Å². The number of rotatable bonds is 8. The van der Waals surface area contributed by atoms with Gasteiger partial charge in [0.15, 0.2) is 22.7 Å². The Morgan fingerprint density at radius 1 is 0.893 bits per heavy atom. The number of fused-ring (bicyclic) bond motifs is 3. The van der Waals surface area contributed by atoms with E-state index < -0.39 is 11.6 Å². The van der Waals surface area contributed by atoms with Crippen LogP contribution in [0.1, 0.15) is 58.3 Å². The zero-order valence-electron chi connectivity index (χ0n) is 16.2. The van der Waals surface area contributed by atoms with Crippen LogP contribution in [-0.2, 0) is 0 Å². The number of halogens is 2. The molecular weight excluding hydrogens is 362 g/mol. The maximum Gasteiger partial charge on any atom is 0.208 e. The van der Waals surface area contributed by atoms with Crippen molar-refractivity contribution in [2.45, 2.75) is 64.4 Å². The first-order valence-corrected chi connectivity index (χ1v) is 10.3. The molecule has 0 aliphatic heterocycles. The molecular formula is C23H26F2O3. The largest absolute Gasteiger partial charge is 0.490 e. The lowest BCUT2D eigenvalue weighted by Gasteiger charge is -2.13. The second-order valence-electron chi connectivity index (χ2n) is 7.54. The van der Waals surface area contributed by atoms with Crippen LogP contribution in [0.5, 0.6) is 11.5 Å². The molecule has 0 N–H and O–H groups in total. The third-order valence-electron chi connectivity index (χ3n) is 5.47. The quantitative estimate of drug-likeness (QED) is 0.384. The van der Waals surface area contributed by atoms with E-state index in [9.17, 15) is 8.78 Å². The Bertz CT molecular complexity index is 958. The zero-order chi connectivity index (χ0) is 19.5. The monoisotopic (exact) mass is 388 g/mol. The van der Waals surface area contributed by atoms with Crippen molar-refractivity contribution in [1.82, 2.24) is 0 Å². The molecule has 0 atom stereocenters. The van der Waals surface area contributed by atoms with Gasteiger partial charge in [0.25, 0.3) is 0 Å². The molecule has 28 heavy (non-hydrogen) atoms. The summed E-state index contributed by atoms with van der Waals surface area (Å²) in [4.78, 5) is 0. The van der Waals surface area contributed by atoms with E-state index in [4.69, 9.17) is 13.9 Å². The molecule has 4 rings (SSSR count). The van der Waals surface area contributed by atoms with Crippen molar-refractivity contribution in [3.05, 3.63) is 35.9 Å². The van der Waals surface area contributed by atoms with E-state index in [1.165, 1.54) is 0 Å². The van der Waals surface area contributed by atoms with Gasteiger partial charge < -0.3 is 13.9 Å². The van der Waals surface area contributed by atoms with Crippen molar-refractivity contribution < 1.29 is 22.7 Å². The Morgan fingerprint density at radius 3 is 2.21 bits per heavy atom. The van der Waals surface area contributed by atoms with Gasteiger partial charge in [-0.1, -0.05) is 26.2 Å². The van der Waals surface area contributed by atoms with Crippen molar-refractivity contribution in [2.75, 3.05) is 6.61 Å². The Balaban J connectivity index is 1.61. The average molecular weight is 388 g/mol. The van der Waals surface area contributed by atoms with E-state index >= 15 is 0 Å². The fraction of sp³-hybridized carbons (Fsp3) is 0.478. The number of hydrogen-bond donors (Lipinski definition) is 0. The van der Waals surface area contributed by atoms with Crippen LogP contribution in [0.15, 0.2) is 28.7 Å². The third kappa shape index (κ3) is 3.67. The molecule has 1 fully saturated rings. The molecule has 1 heterocycles. The van der Waals surface area contributed by atoms with Crippen LogP contribution in [-0.4, -0.2) is 12.7 Å². The Kier molecular flexibility index (Phi) is 5.69. The molecule has 5 heteroatoms. The Morgan fingerprint density at radius 2 is 1.54 bits per heavy atom. The Labute approximate surface area is 163 Å². The van der Waals surface area contributed by atoms with Gasteiger partial charge >= 0.3 is 0 Å². The number of furan rings is 1. The topological polar surface area (TPSA) is 31.6 Å². The van der Waals surface area contributed by atoms with Gasteiger partial charge in [0, 0.05) is 10.8 Å². The first kappa shape index (κ1) is 19.0. The highest BCUT2D eigenvalue weighted by Gasteiger charge is 2.23. The minimum absolute atomic E-state index is 0.0259. The molecule has 3 nitrogen and oxygen atoms in total. The zero-order valence-corrected chi connectivity index (χ0v) is 16.2. The molecule has 0 unspecified atom stereocenters. The van der Waals surface area contributed by atoms with Crippen LogP contribution in [0.4, 0.5) is 8.78 Å². The van der Waals surface area contributed by atoms with Crippen molar-refractivity contribution in [2.24, 2.45) is 0 Å². The van der Waals surface area contributed by atoms with Gasteiger partial charge in [-0.05, 0) is 56.4 Å². The third-order valence-corrected chi connectivity index (χ3v) is 5.47. The highest BCUT2D eigenvalue weighted by molar-refractivity contribution is 6.06. The summed E-state index contributed by atoms with van der Waals surface area (Å²) in [6, 6.07) is 6.66. The van der Waals surface area contributed by atoms with Gasteiger partial charge in [0.05, 0.1) is 12.7 Å². The standard InChI is InChI=1S/C23H26F2O3/c1-2-3-4-7-14-26-18-12-10-16-17-11-13-19(27-15-8-5-6-9-15)21(25)23(17)28-22(16)20(18)24/h10-13,15H,2-9,14H2,1H3. The predicted octanol–water partition coefficient (Wildman–Crippen LogP) is 7.14. The summed E-state index contributed by atoms with van der Waals surface area (Å²) in [6.07, 6.45) is 8.33. The summed E-state index contributed by atoms with van der Waals surface area (Å²) < 4.78 is 46.8. The summed E-state index contributed by atoms with van der Waals surface area (Å²) in [7, 11) is 0. The highest BCUT2D eigenvalue weighted by Crippen LogP contribution is 2.38. The normalized spacial score (nSPS) is 15.0. The van der Waals surface area contributed by atoms with E-state index in [0.29, 0.717) is 17.4 Å². The second-order valence-corrected chi connectivity index (χ2v) is 7.54. The van der Waals surface area contributed by atoms with Gasteiger partial charge in [-0.3, -0.25) is 0 Å². The molecule has 1 saturated carbocycles. The van der Waals surface area contributed by atoms with Gasteiger partial charge in [0.1, 0.15) is 0 Å². The Hall–Kier alpha value is -2.30. The van der Waals surface area contributed by atoms with Crippen molar-refractivity contribution in [1.29, 1.82) is 0 Å². The fourth-order valence-electron chi connectivity index (χ4n) is 3.90. The summed E-state index contributed by atoms with van der Waals surface area (Å²) in [5, 5.41) is 1.08. The summed E-state index contributed by atoms with van der Waals surface area (Å²) >= 11 is 0. The minimum atomic E-state index is -0.582. The molecule has 1 aliphatic rings. The molecule has 0 saturated heterocycles. The van der Waals surface area contributed by atoms with Crippen LogP contribution in [0, 0.1) is 11.6 Å². The molecule has 0 bridgehead atoms. The number of ether oxygens (including phenoxy) is 2. The molecule has 0 radical (unpaired) electrons. The number of hydrogen-bond acceptors (Lipinski definition) is 3. The maximum absolute atomic E-state index is 14.9. The van der Waals surface area contributed by atoms with Crippen LogP contribution in [0.3, 0.4) is 0 Å². The van der Waals surface area contributed by atoms with E-state index in [1.807, 2.05) is 0 Å². The first-order valence-electron chi connectivity index (χ1n) is 10.3. The lowest BCUT2D eigenvalue weighted by molar-refractivity contribution is 0.201. The van der Waals surface area contributed by atoms with Crippen molar-refractivity contribution in [3.8, 4) is 11.5 Å². The van der Waals surface area contributed by atoms with Gasteiger partial charge in [-0.25, -0.2) is 0 Å². The summed E-state index contributed by atoms with van der Waals surface area (Å²) in [6.45, 7) is 2.59. The highest BCUT2D eigenvalue weighted by atomic mass is 19.1. The summed E-state index contributed by atoms with van der Waals surface area (Å²) in [5.74, 6) is -0.832. The van der Waals surface area contributed by atoms with Crippen LogP contribution >= 0.6 is 0 Å². The minimum Gasteiger partial charge on any atom is -0.490 e. The fourth-order valence-corrected chi connectivity index (χ4v) is 3.90. The molecule has 150 valence electrons. The van der Waals surface area contributed by atoms with Gasteiger partial charge in [-0.15, -0.1) is 0 Å². The van der Waals surface area contributed by atoms with Crippen LogP contribution < -0.4 is 9.47 Å². The van der Waals surface area contributed by atoms with Gasteiger partial charge in [0.2, 0.25) is 11.6 Å². The van der Waals surface area contributed by atoms with Crippen LogP contribution in [0.25, 0.3) is 21.9 Å². The lowest BCUT2D eigenvalue weighted by atomic mass is 10.1. The molecule has 0 amide bonds. The van der Waals surface area contributed by atoms with E-state index in [-0.39, 0.29) is 28.8 Å². The van der Waals surface area contributed by atoms with Crippen LogP contribution in [0.2, 0.25) is 0 Å². The van der Waals surface area contributed by atoms with E-state index in [2.05, 4.69) is 6.92 Å². The number of unbranched alkanes of at least 4 members (excludes halogenated alkanes) is 3. The van der Waals surface area contributed by atoms with Crippen molar-refractivity contribution >= 4 is 21.9 Å². The molecule has 2 aromatic carbocycles. The smallest absolute Gasteiger partial charge is 0.208 e. The molecule has 3 aromatic rings.